The quantitative estimate of drug-likeness (QED) is 0.654. The Kier molecular flexibility index (Phi) is 3.80. The summed E-state index contributed by atoms with van der Waals surface area (Å²) >= 11 is 0. The molecule has 0 spiro atoms. The molecule has 2 aromatic rings. The van der Waals surface area contributed by atoms with Gasteiger partial charge in [0.05, 0.1) is 0 Å². The highest BCUT2D eigenvalue weighted by Gasteiger charge is 2.02. The van der Waals surface area contributed by atoms with Gasteiger partial charge in [0.15, 0.2) is 0 Å². The van der Waals surface area contributed by atoms with Gasteiger partial charge in [-0.05, 0) is 54.4 Å². The zero-order valence-electron chi connectivity index (χ0n) is 10.6. The van der Waals surface area contributed by atoms with Crippen LogP contribution >= 0.6 is 0 Å². The van der Waals surface area contributed by atoms with Gasteiger partial charge in [-0.25, -0.2) is 4.39 Å². The molecule has 0 radical (unpaired) electrons. The molecular formula is C15H15FN2O. The molecule has 0 unspecified atom stereocenters. The first-order valence-electron chi connectivity index (χ1n) is 5.88. The van der Waals surface area contributed by atoms with E-state index in [1.165, 1.54) is 12.1 Å². The van der Waals surface area contributed by atoms with E-state index in [1.54, 1.807) is 30.3 Å². The molecule has 3 nitrogen and oxygen atoms in total. The van der Waals surface area contributed by atoms with Gasteiger partial charge in [-0.3, -0.25) is 5.41 Å². The molecule has 0 saturated carbocycles. The summed E-state index contributed by atoms with van der Waals surface area (Å²) in [5, 5.41) is 7.29. The normalized spacial score (nSPS) is 10.2. The molecule has 0 aromatic heterocycles. The summed E-state index contributed by atoms with van der Waals surface area (Å²) in [5.41, 5.74) is 7.82. The average molecular weight is 258 g/mol. The Bertz CT molecular complexity index is 594. The number of nitrogens with two attached hydrogens (primary N) is 1. The molecule has 4 heteroatoms. The van der Waals surface area contributed by atoms with E-state index in [0.29, 0.717) is 17.9 Å². The van der Waals surface area contributed by atoms with Gasteiger partial charge in [-0.2, -0.15) is 0 Å². The van der Waals surface area contributed by atoms with E-state index in [9.17, 15) is 4.39 Å². The summed E-state index contributed by atoms with van der Waals surface area (Å²) in [6, 6.07) is 11.6. The Morgan fingerprint density at radius 1 is 1.21 bits per heavy atom. The maximum absolute atomic E-state index is 13.1. The van der Waals surface area contributed by atoms with Gasteiger partial charge in [-0.15, -0.1) is 0 Å². The highest BCUT2D eigenvalue weighted by molar-refractivity contribution is 5.94. The maximum Gasteiger partial charge on any atom is 0.123 e. The second-order valence-corrected chi connectivity index (χ2v) is 4.30. The Morgan fingerprint density at radius 2 is 1.89 bits per heavy atom. The number of hydrogen-bond acceptors (Lipinski definition) is 2. The lowest BCUT2D eigenvalue weighted by atomic mass is 10.1. The van der Waals surface area contributed by atoms with Crippen LogP contribution in [0.5, 0.6) is 5.75 Å². The summed E-state index contributed by atoms with van der Waals surface area (Å²) in [5.74, 6) is 0.414. The lowest BCUT2D eigenvalue weighted by molar-refractivity contribution is 0.305. The Morgan fingerprint density at radius 3 is 2.53 bits per heavy atom. The van der Waals surface area contributed by atoms with Crippen molar-refractivity contribution in [1.29, 1.82) is 5.41 Å². The van der Waals surface area contributed by atoms with Crippen molar-refractivity contribution in [1.82, 2.24) is 0 Å². The van der Waals surface area contributed by atoms with Crippen LogP contribution in [0.2, 0.25) is 0 Å². The molecule has 2 aromatic carbocycles. The van der Waals surface area contributed by atoms with Gasteiger partial charge >= 0.3 is 0 Å². The minimum absolute atomic E-state index is 0.0209. The predicted octanol–water partition coefficient (Wildman–Crippen LogP) is 3.00. The van der Waals surface area contributed by atoms with Crippen molar-refractivity contribution in [2.45, 2.75) is 13.5 Å². The van der Waals surface area contributed by atoms with Crippen LogP contribution < -0.4 is 10.5 Å². The van der Waals surface area contributed by atoms with Gasteiger partial charge in [0, 0.05) is 5.56 Å². The van der Waals surface area contributed by atoms with Gasteiger partial charge in [0.1, 0.15) is 24.0 Å². The first kappa shape index (κ1) is 13.1. The average Bonchev–Trinajstić information content (AvgIpc) is 2.40. The molecule has 3 N–H and O–H groups in total. The molecule has 0 amide bonds. The van der Waals surface area contributed by atoms with Crippen LogP contribution in [-0.4, -0.2) is 5.84 Å². The molecule has 0 aliphatic rings. The van der Waals surface area contributed by atoms with Crippen LogP contribution in [0.25, 0.3) is 0 Å². The van der Waals surface area contributed by atoms with E-state index >= 15 is 0 Å². The molecule has 0 saturated heterocycles. The largest absolute Gasteiger partial charge is 0.489 e. The monoisotopic (exact) mass is 258 g/mol. The van der Waals surface area contributed by atoms with Crippen LogP contribution in [0.1, 0.15) is 16.7 Å². The van der Waals surface area contributed by atoms with Gasteiger partial charge in [-0.1, -0.05) is 6.07 Å². The maximum atomic E-state index is 13.1. The number of amidine groups is 1. The number of nitrogen functional groups attached to an aromatic ring is 1. The van der Waals surface area contributed by atoms with Crippen molar-refractivity contribution in [2.75, 3.05) is 0 Å². The predicted molar refractivity (Wildman–Crippen MR) is 72.9 cm³/mol. The van der Waals surface area contributed by atoms with E-state index in [-0.39, 0.29) is 11.7 Å². The fourth-order valence-electron chi connectivity index (χ4n) is 1.69. The third-order valence-corrected chi connectivity index (χ3v) is 2.87. The summed E-state index contributed by atoms with van der Waals surface area (Å²) < 4.78 is 18.7. The number of halogens is 1. The van der Waals surface area contributed by atoms with Gasteiger partial charge in [0.25, 0.3) is 0 Å². The lowest BCUT2D eigenvalue weighted by Gasteiger charge is -2.09. The van der Waals surface area contributed by atoms with Crippen LogP contribution in [0.3, 0.4) is 0 Å². The summed E-state index contributed by atoms with van der Waals surface area (Å²) in [6.07, 6.45) is 0. The fourth-order valence-corrected chi connectivity index (χ4v) is 1.69. The molecule has 0 heterocycles. The zero-order chi connectivity index (χ0) is 13.8. The third kappa shape index (κ3) is 3.31. The molecule has 0 aliphatic heterocycles. The number of ether oxygens (including phenoxy) is 1. The van der Waals surface area contributed by atoms with Crippen molar-refractivity contribution >= 4 is 5.84 Å². The Balaban J connectivity index is 2.06. The molecule has 0 aliphatic carbocycles. The van der Waals surface area contributed by atoms with Gasteiger partial charge in [0.2, 0.25) is 0 Å². The Hall–Kier alpha value is -2.36. The number of hydrogen-bond donors (Lipinski definition) is 2. The van der Waals surface area contributed by atoms with E-state index < -0.39 is 0 Å². The first-order chi connectivity index (χ1) is 9.06. The molecule has 19 heavy (non-hydrogen) atoms. The van der Waals surface area contributed by atoms with Crippen molar-refractivity contribution in [3.8, 4) is 5.75 Å². The molecule has 0 bridgehead atoms. The Labute approximate surface area is 111 Å². The van der Waals surface area contributed by atoms with E-state index in [2.05, 4.69) is 0 Å². The van der Waals surface area contributed by atoms with Crippen molar-refractivity contribution < 1.29 is 9.13 Å². The highest BCUT2D eigenvalue weighted by atomic mass is 19.1. The molecular weight excluding hydrogens is 243 g/mol. The van der Waals surface area contributed by atoms with E-state index in [0.717, 1.165) is 11.1 Å². The summed E-state index contributed by atoms with van der Waals surface area (Å²) in [7, 11) is 0. The van der Waals surface area contributed by atoms with Crippen molar-refractivity contribution in [2.24, 2.45) is 5.73 Å². The lowest BCUT2D eigenvalue weighted by Crippen LogP contribution is -2.10. The van der Waals surface area contributed by atoms with E-state index in [1.807, 2.05) is 6.92 Å². The highest BCUT2D eigenvalue weighted by Crippen LogP contribution is 2.16. The zero-order valence-corrected chi connectivity index (χ0v) is 10.6. The molecule has 0 atom stereocenters. The van der Waals surface area contributed by atoms with Crippen LogP contribution in [0.4, 0.5) is 4.39 Å². The van der Waals surface area contributed by atoms with Crippen molar-refractivity contribution in [3.63, 3.8) is 0 Å². The molecule has 2 rings (SSSR count). The third-order valence-electron chi connectivity index (χ3n) is 2.87. The minimum atomic E-state index is -0.267. The van der Waals surface area contributed by atoms with Crippen LogP contribution in [0, 0.1) is 18.2 Å². The number of nitrogens with one attached hydrogen (secondary N) is 1. The molecule has 0 fully saturated rings. The minimum Gasteiger partial charge on any atom is -0.489 e. The number of benzene rings is 2. The van der Waals surface area contributed by atoms with Crippen molar-refractivity contribution in [3.05, 3.63) is 65.0 Å². The summed E-state index contributed by atoms with van der Waals surface area (Å²) in [6.45, 7) is 2.22. The number of aryl methyl sites for hydroxylation is 1. The van der Waals surface area contributed by atoms with Crippen LogP contribution in [-0.2, 0) is 6.61 Å². The first-order valence-corrected chi connectivity index (χ1v) is 5.88. The standard InChI is InChI=1S/C15H15FN2O/c1-10-2-5-13(16)8-12(10)9-19-14-6-3-11(4-7-14)15(17)18/h2-8H,9H2,1H3,(H3,17,18). The van der Waals surface area contributed by atoms with Gasteiger partial charge < -0.3 is 10.5 Å². The van der Waals surface area contributed by atoms with E-state index in [4.69, 9.17) is 15.9 Å². The topological polar surface area (TPSA) is 59.1 Å². The smallest absolute Gasteiger partial charge is 0.123 e. The second-order valence-electron chi connectivity index (χ2n) is 4.30. The summed E-state index contributed by atoms with van der Waals surface area (Å²) in [4.78, 5) is 0. The second kappa shape index (κ2) is 5.52. The number of rotatable bonds is 4. The van der Waals surface area contributed by atoms with Crippen LogP contribution in [0.15, 0.2) is 42.5 Å². The SMILES string of the molecule is Cc1ccc(F)cc1COc1ccc(C(=N)N)cc1. The fraction of sp³-hybridized carbons (Fsp3) is 0.133. The molecule has 98 valence electrons.